The summed E-state index contributed by atoms with van der Waals surface area (Å²) in [5, 5.41) is 23.5. The molecule has 0 aromatic carbocycles. The van der Waals surface area contributed by atoms with Gasteiger partial charge in [-0.15, -0.1) is 0 Å². The lowest BCUT2D eigenvalue weighted by Crippen LogP contribution is -2.00. The average Bonchev–Trinajstić information content (AvgIpc) is 2.02. The highest BCUT2D eigenvalue weighted by Crippen LogP contribution is 1.86. The molecule has 0 aliphatic heterocycles. The van der Waals surface area contributed by atoms with Crippen molar-refractivity contribution in [3.63, 3.8) is 0 Å². The van der Waals surface area contributed by atoms with Crippen molar-refractivity contribution in [2.45, 2.75) is 12.8 Å². The van der Waals surface area contributed by atoms with Crippen LogP contribution < -0.4 is 0 Å². The molecule has 0 radical (unpaired) electrons. The molecule has 0 aliphatic rings. The van der Waals surface area contributed by atoms with Gasteiger partial charge in [-0.2, -0.15) is 0 Å². The molecule has 6 nitrogen and oxygen atoms in total. The van der Waals surface area contributed by atoms with Crippen LogP contribution in [0.5, 0.6) is 0 Å². The molecule has 0 atom stereocenters. The van der Waals surface area contributed by atoms with Crippen LogP contribution in [-0.2, 0) is 14.4 Å². The minimum atomic E-state index is -1.08. The maximum absolute atomic E-state index is 9.64. The maximum atomic E-state index is 9.64. The molecule has 0 aliphatic carbocycles. The van der Waals surface area contributed by atoms with Crippen LogP contribution in [0.4, 0.5) is 0 Å². The Morgan fingerprint density at radius 3 is 1.15 bits per heavy atom. The van der Waals surface area contributed by atoms with E-state index in [0.29, 0.717) is 0 Å². The lowest BCUT2D eigenvalue weighted by molar-refractivity contribution is -0.143. The van der Waals surface area contributed by atoms with E-state index in [-0.39, 0.29) is 17.3 Å². The summed E-state index contributed by atoms with van der Waals surface area (Å²) >= 11 is 1.78. The van der Waals surface area contributed by atoms with Gasteiger partial charge in [0.1, 0.15) is 0 Å². The smallest absolute Gasteiger partial charge is 0.313 e. The normalized spacial score (nSPS) is 8.08. The van der Waals surface area contributed by atoms with E-state index >= 15 is 0 Å². The van der Waals surface area contributed by atoms with Crippen LogP contribution >= 0.6 is 22.6 Å². The number of carbonyl (C=O) groups is 3. The van der Waals surface area contributed by atoms with Crippen molar-refractivity contribution < 1.29 is 29.7 Å². The number of carboxylic acids is 3. The Bertz CT molecular complexity index is 176. The summed E-state index contributed by atoms with van der Waals surface area (Å²) in [6.07, 6.45) is -0.593. The topological polar surface area (TPSA) is 112 Å². The summed E-state index contributed by atoms with van der Waals surface area (Å²) in [6.45, 7) is 0. The van der Waals surface area contributed by atoms with E-state index in [1.807, 2.05) is 0 Å². The second-order valence-corrected chi connectivity index (χ2v) is 2.58. The molecule has 0 fully saturated rings. The molecule has 0 saturated heterocycles. The van der Waals surface area contributed by atoms with Crippen LogP contribution in [0.1, 0.15) is 12.8 Å². The summed E-state index contributed by atoms with van der Waals surface area (Å²) in [7, 11) is 0. The Hall–Kier alpha value is -0.860. The zero-order valence-corrected chi connectivity index (χ0v) is 8.72. The van der Waals surface area contributed by atoms with Crippen molar-refractivity contribution in [2.24, 2.45) is 0 Å². The monoisotopic (exact) mass is 304 g/mol. The highest BCUT2D eigenvalue weighted by molar-refractivity contribution is 14.1. The second-order valence-electron chi connectivity index (χ2n) is 1.81. The number of rotatable bonds is 4. The molecule has 0 amide bonds. The fourth-order valence-electron chi connectivity index (χ4n) is 0.214. The average molecular weight is 304 g/mol. The summed E-state index contributed by atoms with van der Waals surface area (Å²) in [5.41, 5.74) is 0. The van der Waals surface area contributed by atoms with Crippen LogP contribution in [0.25, 0.3) is 0 Å². The van der Waals surface area contributed by atoms with Gasteiger partial charge in [0.15, 0.2) is 0 Å². The highest BCUT2D eigenvalue weighted by atomic mass is 127. The SMILES string of the molecule is O=C(O)CCC(=O)O.O=C(O)CI. The molecule has 0 unspecified atom stereocenters. The van der Waals surface area contributed by atoms with E-state index in [0.717, 1.165) is 0 Å². The number of halogens is 1. The first-order valence-corrected chi connectivity index (χ1v) is 4.64. The molecule has 0 heterocycles. The van der Waals surface area contributed by atoms with Gasteiger partial charge in [-0.05, 0) is 0 Å². The zero-order valence-electron chi connectivity index (χ0n) is 6.57. The maximum Gasteiger partial charge on any atom is 0.313 e. The Morgan fingerprint density at radius 1 is 0.846 bits per heavy atom. The Kier molecular flexibility index (Phi) is 10.4. The third kappa shape index (κ3) is 24.7. The first kappa shape index (κ1) is 14.7. The second kappa shape index (κ2) is 9.23. The predicted octanol–water partition coefficient (Wildman–Crippen LogP) is 0.442. The number of hydrogen-bond donors (Lipinski definition) is 3. The zero-order chi connectivity index (χ0) is 10.9. The number of aliphatic carboxylic acids is 3. The van der Waals surface area contributed by atoms with Gasteiger partial charge in [0.05, 0.1) is 17.3 Å². The summed E-state index contributed by atoms with van der Waals surface area (Å²) in [6, 6.07) is 0. The van der Waals surface area contributed by atoms with Crippen LogP contribution in [0.3, 0.4) is 0 Å². The van der Waals surface area contributed by atoms with Gasteiger partial charge in [-0.3, -0.25) is 14.4 Å². The van der Waals surface area contributed by atoms with Crippen LogP contribution in [-0.4, -0.2) is 37.7 Å². The van der Waals surface area contributed by atoms with Crippen molar-refractivity contribution in [1.82, 2.24) is 0 Å². The van der Waals surface area contributed by atoms with Crippen molar-refractivity contribution >= 4 is 40.5 Å². The Balaban J connectivity index is 0. The van der Waals surface area contributed by atoms with Crippen molar-refractivity contribution in [3.8, 4) is 0 Å². The lowest BCUT2D eigenvalue weighted by Gasteiger charge is -1.85. The first-order chi connectivity index (χ1) is 5.90. The van der Waals surface area contributed by atoms with Gasteiger partial charge in [0.25, 0.3) is 0 Å². The van der Waals surface area contributed by atoms with Gasteiger partial charge < -0.3 is 15.3 Å². The van der Waals surface area contributed by atoms with Gasteiger partial charge >= 0.3 is 17.9 Å². The fourth-order valence-corrected chi connectivity index (χ4v) is 0.214. The molecule has 0 aromatic heterocycles. The number of hydrogen-bond acceptors (Lipinski definition) is 3. The minimum Gasteiger partial charge on any atom is -0.481 e. The molecule has 0 spiro atoms. The standard InChI is InChI=1S/C4H6O4.C2H3IO2/c5-3(6)1-2-4(7)8;3-1-2(4)5/h1-2H2,(H,5,6)(H,7,8);1H2,(H,4,5). The molecule has 0 rings (SSSR count). The van der Waals surface area contributed by atoms with Crippen molar-refractivity contribution in [2.75, 3.05) is 4.43 Å². The number of alkyl halides is 1. The molecule has 0 aromatic rings. The van der Waals surface area contributed by atoms with Crippen LogP contribution in [0.2, 0.25) is 0 Å². The van der Waals surface area contributed by atoms with E-state index in [9.17, 15) is 14.4 Å². The van der Waals surface area contributed by atoms with Gasteiger partial charge in [-0.25, -0.2) is 0 Å². The first-order valence-electron chi connectivity index (χ1n) is 3.11. The molecule has 7 heteroatoms. The molecular weight excluding hydrogens is 295 g/mol. The molecule has 0 saturated carbocycles. The van der Waals surface area contributed by atoms with E-state index in [1.54, 1.807) is 22.6 Å². The quantitative estimate of drug-likeness (QED) is 0.513. The van der Waals surface area contributed by atoms with Crippen LogP contribution in [0, 0.1) is 0 Å². The third-order valence-corrected chi connectivity index (χ3v) is 1.32. The molecular formula is C6H9IO6. The van der Waals surface area contributed by atoms with Gasteiger partial charge in [0.2, 0.25) is 0 Å². The molecule has 0 bridgehead atoms. The summed E-state index contributed by atoms with van der Waals surface area (Å²) in [4.78, 5) is 28.6. The van der Waals surface area contributed by atoms with Crippen molar-refractivity contribution in [3.05, 3.63) is 0 Å². The molecule has 13 heavy (non-hydrogen) atoms. The van der Waals surface area contributed by atoms with Crippen LogP contribution in [0.15, 0.2) is 0 Å². The fraction of sp³-hybridized carbons (Fsp3) is 0.500. The minimum absolute atomic E-state index is 0.192. The van der Waals surface area contributed by atoms with Gasteiger partial charge in [-0.1, -0.05) is 22.6 Å². The predicted molar refractivity (Wildman–Crippen MR) is 51.0 cm³/mol. The van der Waals surface area contributed by atoms with Crippen molar-refractivity contribution in [1.29, 1.82) is 0 Å². The molecule has 3 N–H and O–H groups in total. The molecule has 76 valence electrons. The van der Waals surface area contributed by atoms with E-state index in [2.05, 4.69) is 0 Å². The Morgan fingerprint density at radius 2 is 1.08 bits per heavy atom. The van der Waals surface area contributed by atoms with E-state index in [1.165, 1.54) is 0 Å². The number of carboxylic acid groups (broad SMARTS) is 3. The lowest BCUT2D eigenvalue weighted by atomic mass is 10.3. The summed E-state index contributed by atoms with van der Waals surface area (Å²) in [5.74, 6) is -2.91. The largest absolute Gasteiger partial charge is 0.481 e. The highest BCUT2D eigenvalue weighted by Gasteiger charge is 2.00. The van der Waals surface area contributed by atoms with E-state index in [4.69, 9.17) is 15.3 Å². The third-order valence-electron chi connectivity index (χ3n) is 0.667. The van der Waals surface area contributed by atoms with Gasteiger partial charge in [0, 0.05) is 0 Å². The van der Waals surface area contributed by atoms with E-state index < -0.39 is 17.9 Å². The summed E-state index contributed by atoms with van der Waals surface area (Å²) < 4.78 is 0.192. The Labute approximate surface area is 87.7 Å².